The maximum Gasteiger partial charge on any atom is 0.257 e. The number of carbonyl (C=O) groups is 1. The summed E-state index contributed by atoms with van der Waals surface area (Å²) in [6.45, 7) is 2.02. The average molecular weight is 374 g/mol. The molecule has 0 radical (unpaired) electrons. The van der Waals surface area contributed by atoms with Gasteiger partial charge in [0.2, 0.25) is 5.88 Å². The predicted molar refractivity (Wildman–Crippen MR) is 102 cm³/mol. The van der Waals surface area contributed by atoms with E-state index in [9.17, 15) is 9.18 Å². The van der Waals surface area contributed by atoms with E-state index in [1.807, 2.05) is 31.4 Å². The number of hydrogen-bond donors (Lipinski definition) is 1. The zero-order chi connectivity index (χ0) is 18.5. The largest absolute Gasteiger partial charge is 0.438 e. The van der Waals surface area contributed by atoms with Crippen LogP contribution >= 0.6 is 11.8 Å². The van der Waals surface area contributed by atoms with Gasteiger partial charge in [0.25, 0.3) is 5.91 Å². The summed E-state index contributed by atoms with van der Waals surface area (Å²) in [4.78, 5) is 17.7. The molecule has 0 spiro atoms. The standard InChI is InChI=1S/C20H23FN2O2S/c1-13-8-9-16(11-18(13)26-2)25-20-17(10-14(21)12-22-20)19(24)23-15-6-4-3-5-7-15/h8-12,15H,3-7H2,1-2H3,(H,23,24). The summed E-state index contributed by atoms with van der Waals surface area (Å²) in [6.07, 6.45) is 8.39. The third kappa shape index (κ3) is 4.55. The Morgan fingerprint density at radius 1 is 1.27 bits per heavy atom. The summed E-state index contributed by atoms with van der Waals surface area (Å²) in [5.41, 5.74) is 1.27. The lowest BCUT2D eigenvalue weighted by Gasteiger charge is -2.23. The fourth-order valence-electron chi connectivity index (χ4n) is 3.16. The molecule has 1 aromatic heterocycles. The van der Waals surface area contributed by atoms with Crippen LogP contribution in [-0.4, -0.2) is 23.2 Å². The van der Waals surface area contributed by atoms with Crippen molar-refractivity contribution in [1.82, 2.24) is 10.3 Å². The molecule has 1 aromatic carbocycles. The van der Waals surface area contributed by atoms with Crippen LogP contribution in [0.4, 0.5) is 4.39 Å². The molecule has 0 atom stereocenters. The third-order valence-corrected chi connectivity index (χ3v) is 5.48. The van der Waals surface area contributed by atoms with Gasteiger partial charge in [-0.2, -0.15) is 0 Å². The van der Waals surface area contributed by atoms with Gasteiger partial charge in [-0.25, -0.2) is 9.37 Å². The molecule has 0 saturated heterocycles. The lowest BCUT2D eigenvalue weighted by atomic mass is 9.95. The Bertz CT molecular complexity index is 791. The number of rotatable bonds is 5. The Kier molecular flexibility index (Phi) is 6.14. The van der Waals surface area contributed by atoms with Crippen molar-refractivity contribution in [3.05, 3.63) is 47.4 Å². The molecule has 138 valence electrons. The molecular formula is C20H23FN2O2S. The van der Waals surface area contributed by atoms with Crippen molar-refractivity contribution in [2.45, 2.75) is 50.0 Å². The maximum absolute atomic E-state index is 13.7. The zero-order valence-electron chi connectivity index (χ0n) is 15.0. The first-order valence-corrected chi connectivity index (χ1v) is 10.1. The van der Waals surface area contributed by atoms with E-state index in [1.165, 1.54) is 12.5 Å². The molecule has 1 saturated carbocycles. The van der Waals surface area contributed by atoms with Crippen LogP contribution in [0.15, 0.2) is 35.4 Å². The van der Waals surface area contributed by atoms with E-state index in [-0.39, 0.29) is 23.4 Å². The molecular weight excluding hydrogens is 351 g/mol. The van der Waals surface area contributed by atoms with Crippen molar-refractivity contribution < 1.29 is 13.9 Å². The van der Waals surface area contributed by atoms with Crippen LogP contribution in [0.1, 0.15) is 48.0 Å². The molecule has 1 N–H and O–H groups in total. The zero-order valence-corrected chi connectivity index (χ0v) is 15.9. The number of ether oxygens (including phenoxy) is 1. The number of halogens is 1. The Balaban J connectivity index is 1.82. The van der Waals surface area contributed by atoms with Gasteiger partial charge in [0, 0.05) is 10.9 Å². The Labute approximate surface area is 157 Å². The van der Waals surface area contributed by atoms with Gasteiger partial charge in [-0.3, -0.25) is 4.79 Å². The number of thioether (sulfide) groups is 1. The quantitative estimate of drug-likeness (QED) is 0.739. The van der Waals surface area contributed by atoms with Crippen LogP contribution in [0, 0.1) is 12.7 Å². The van der Waals surface area contributed by atoms with Crippen LogP contribution in [0.25, 0.3) is 0 Å². The highest BCUT2D eigenvalue weighted by Gasteiger charge is 2.21. The normalized spacial score (nSPS) is 14.9. The van der Waals surface area contributed by atoms with Gasteiger partial charge in [0.05, 0.1) is 6.20 Å². The first kappa shape index (κ1) is 18.7. The summed E-state index contributed by atoms with van der Waals surface area (Å²) < 4.78 is 19.5. The highest BCUT2D eigenvalue weighted by atomic mass is 32.2. The van der Waals surface area contributed by atoms with Gasteiger partial charge < -0.3 is 10.1 Å². The van der Waals surface area contributed by atoms with Crippen molar-refractivity contribution in [2.75, 3.05) is 6.26 Å². The van der Waals surface area contributed by atoms with Crippen molar-refractivity contribution in [1.29, 1.82) is 0 Å². The summed E-state index contributed by atoms with van der Waals surface area (Å²) in [5, 5.41) is 2.99. The lowest BCUT2D eigenvalue weighted by Crippen LogP contribution is -2.36. The first-order chi connectivity index (χ1) is 12.6. The SMILES string of the molecule is CSc1cc(Oc2ncc(F)cc2C(=O)NC2CCCCC2)ccc1C. The molecule has 6 heteroatoms. The average Bonchev–Trinajstić information content (AvgIpc) is 2.65. The van der Waals surface area contributed by atoms with E-state index >= 15 is 0 Å². The molecule has 1 heterocycles. The highest BCUT2D eigenvalue weighted by molar-refractivity contribution is 7.98. The number of benzene rings is 1. The molecule has 4 nitrogen and oxygen atoms in total. The van der Waals surface area contributed by atoms with Crippen molar-refractivity contribution in [3.63, 3.8) is 0 Å². The fourth-order valence-corrected chi connectivity index (χ4v) is 3.78. The van der Waals surface area contributed by atoms with Crippen LogP contribution in [0.3, 0.4) is 0 Å². The third-order valence-electron chi connectivity index (χ3n) is 4.60. The minimum atomic E-state index is -0.556. The van der Waals surface area contributed by atoms with Crippen molar-refractivity contribution >= 4 is 17.7 Å². The minimum absolute atomic E-state index is 0.121. The number of pyridine rings is 1. The lowest BCUT2D eigenvalue weighted by molar-refractivity contribution is 0.0924. The summed E-state index contributed by atoms with van der Waals surface area (Å²) in [6, 6.07) is 6.99. The number of amides is 1. The molecule has 1 aliphatic rings. The Morgan fingerprint density at radius 2 is 2.04 bits per heavy atom. The molecule has 1 aliphatic carbocycles. The van der Waals surface area contributed by atoms with Gasteiger partial charge in [-0.05, 0) is 49.8 Å². The van der Waals surface area contributed by atoms with Crippen LogP contribution < -0.4 is 10.1 Å². The molecule has 0 unspecified atom stereocenters. The van der Waals surface area contributed by atoms with Crippen molar-refractivity contribution in [3.8, 4) is 11.6 Å². The summed E-state index contributed by atoms with van der Waals surface area (Å²) in [5.74, 6) is -0.197. The molecule has 1 fully saturated rings. The number of hydrogen-bond acceptors (Lipinski definition) is 4. The maximum atomic E-state index is 13.7. The monoisotopic (exact) mass is 374 g/mol. The predicted octanol–water partition coefficient (Wildman–Crippen LogP) is 5.11. The molecule has 26 heavy (non-hydrogen) atoms. The van der Waals surface area contributed by atoms with Gasteiger partial charge >= 0.3 is 0 Å². The number of aryl methyl sites for hydroxylation is 1. The van der Waals surface area contributed by atoms with Gasteiger partial charge in [0.1, 0.15) is 17.1 Å². The molecule has 0 bridgehead atoms. The van der Waals surface area contributed by atoms with Crippen LogP contribution in [0.5, 0.6) is 11.6 Å². The first-order valence-electron chi connectivity index (χ1n) is 8.85. The minimum Gasteiger partial charge on any atom is -0.438 e. The number of nitrogens with one attached hydrogen (secondary N) is 1. The Hall–Kier alpha value is -2.08. The Morgan fingerprint density at radius 3 is 2.77 bits per heavy atom. The second-order valence-corrected chi connectivity index (χ2v) is 7.40. The fraction of sp³-hybridized carbons (Fsp3) is 0.400. The summed E-state index contributed by atoms with van der Waals surface area (Å²) in [7, 11) is 0. The molecule has 2 aromatic rings. The van der Waals surface area contributed by atoms with E-state index in [1.54, 1.807) is 11.8 Å². The van der Waals surface area contributed by atoms with E-state index in [0.29, 0.717) is 5.75 Å². The molecule has 3 rings (SSSR count). The smallest absolute Gasteiger partial charge is 0.257 e. The van der Waals surface area contributed by atoms with E-state index < -0.39 is 5.82 Å². The van der Waals surface area contributed by atoms with Gasteiger partial charge in [-0.15, -0.1) is 11.8 Å². The van der Waals surface area contributed by atoms with E-state index in [4.69, 9.17) is 4.74 Å². The number of carbonyl (C=O) groups excluding carboxylic acids is 1. The van der Waals surface area contributed by atoms with Crippen LogP contribution in [-0.2, 0) is 0 Å². The van der Waals surface area contributed by atoms with Gasteiger partial charge in [-0.1, -0.05) is 25.3 Å². The second-order valence-electron chi connectivity index (χ2n) is 6.55. The van der Waals surface area contributed by atoms with Crippen LogP contribution in [0.2, 0.25) is 0 Å². The van der Waals surface area contributed by atoms with Crippen molar-refractivity contribution in [2.24, 2.45) is 0 Å². The van der Waals surface area contributed by atoms with E-state index in [2.05, 4.69) is 10.3 Å². The number of nitrogens with zero attached hydrogens (tertiary/aromatic N) is 1. The highest BCUT2D eigenvalue weighted by Crippen LogP contribution is 2.29. The number of aromatic nitrogens is 1. The van der Waals surface area contributed by atoms with E-state index in [0.717, 1.165) is 42.3 Å². The topological polar surface area (TPSA) is 51.2 Å². The van der Waals surface area contributed by atoms with Gasteiger partial charge in [0.15, 0.2) is 0 Å². The summed E-state index contributed by atoms with van der Waals surface area (Å²) >= 11 is 1.62. The molecule has 1 amide bonds. The molecule has 0 aliphatic heterocycles. The second kappa shape index (κ2) is 8.54.